The third kappa shape index (κ3) is 8.64. The van der Waals surface area contributed by atoms with Crippen molar-refractivity contribution in [3.63, 3.8) is 0 Å². The number of nitrogens with one attached hydrogen (secondary N) is 2. The van der Waals surface area contributed by atoms with Gasteiger partial charge in [0.05, 0.1) is 0 Å². The minimum atomic E-state index is -3.80. The van der Waals surface area contributed by atoms with Gasteiger partial charge in [0.25, 0.3) is 0 Å². The molecule has 0 aliphatic rings. The molecule has 1 aromatic carbocycles. The molecule has 1 rings (SSSR count). The lowest BCUT2D eigenvalue weighted by Crippen LogP contribution is -2.35. The van der Waals surface area contributed by atoms with Crippen molar-refractivity contribution in [2.45, 2.75) is 13.3 Å². The maximum atomic E-state index is 11.9. The average Bonchev–Trinajstić information content (AvgIpc) is 2.44. The molecule has 7 nitrogen and oxygen atoms in total. The van der Waals surface area contributed by atoms with Crippen LogP contribution in [0.1, 0.15) is 12.0 Å². The highest BCUT2D eigenvalue weighted by atomic mass is 32.2. The third-order valence-corrected chi connectivity index (χ3v) is 4.55. The van der Waals surface area contributed by atoms with Crippen molar-refractivity contribution < 1.29 is 18.0 Å². The smallest absolute Gasteiger partial charge is 0.239 e. The predicted octanol–water partition coefficient (Wildman–Crippen LogP) is 0.416. The van der Waals surface area contributed by atoms with E-state index in [-0.39, 0.29) is 0 Å². The van der Waals surface area contributed by atoms with E-state index in [2.05, 4.69) is 10.6 Å². The Balaban J connectivity index is 2.40. The Bertz CT molecular complexity index is 654. The van der Waals surface area contributed by atoms with Crippen molar-refractivity contribution in [2.75, 3.05) is 44.0 Å². The molecule has 2 N–H and O–H groups in total. The molecule has 2 amide bonds. The van der Waals surface area contributed by atoms with Crippen LogP contribution in [0, 0.1) is 6.92 Å². The molecule has 0 heterocycles. The number of sulfone groups is 1. The number of nitrogens with zero attached hydrogens (tertiary/aromatic N) is 1. The van der Waals surface area contributed by atoms with Gasteiger partial charge in [-0.25, -0.2) is 8.42 Å². The number of benzene rings is 1. The molecule has 0 saturated carbocycles. The predicted molar refractivity (Wildman–Crippen MR) is 94.6 cm³/mol. The summed E-state index contributed by atoms with van der Waals surface area (Å²) in [6.45, 7) is 3.11. The summed E-state index contributed by atoms with van der Waals surface area (Å²) < 4.78 is 23.8. The van der Waals surface area contributed by atoms with Crippen LogP contribution in [0.5, 0.6) is 0 Å². The molecule has 0 bridgehead atoms. The quantitative estimate of drug-likeness (QED) is 0.626. The largest absolute Gasteiger partial charge is 0.355 e. The van der Waals surface area contributed by atoms with E-state index in [0.717, 1.165) is 18.5 Å². The summed E-state index contributed by atoms with van der Waals surface area (Å²) in [7, 11) is 0.0350. The molecule has 0 spiro atoms. The molecule has 0 aliphatic carbocycles. The van der Waals surface area contributed by atoms with E-state index in [0.29, 0.717) is 12.2 Å². The summed E-state index contributed by atoms with van der Waals surface area (Å²) in [4.78, 5) is 25.4. The van der Waals surface area contributed by atoms with Crippen LogP contribution in [0.3, 0.4) is 0 Å². The van der Waals surface area contributed by atoms with Crippen LogP contribution in [0.4, 0.5) is 5.69 Å². The second-order valence-electron chi connectivity index (χ2n) is 5.95. The first-order chi connectivity index (χ1) is 11.2. The minimum Gasteiger partial charge on any atom is -0.355 e. The summed E-state index contributed by atoms with van der Waals surface area (Å²) in [6, 6.07) is 7.01. The maximum Gasteiger partial charge on any atom is 0.239 e. The van der Waals surface area contributed by atoms with Gasteiger partial charge in [0, 0.05) is 12.2 Å². The lowest BCUT2D eigenvalue weighted by molar-refractivity contribution is -0.118. The minimum absolute atomic E-state index is 0.405. The normalized spacial score (nSPS) is 11.3. The second kappa shape index (κ2) is 9.39. The van der Waals surface area contributed by atoms with Gasteiger partial charge >= 0.3 is 0 Å². The van der Waals surface area contributed by atoms with E-state index in [1.807, 2.05) is 38.1 Å². The monoisotopic (exact) mass is 355 g/mol. The van der Waals surface area contributed by atoms with Gasteiger partial charge in [0.1, 0.15) is 11.5 Å². The first-order valence-corrected chi connectivity index (χ1v) is 9.48. The molecule has 1 aromatic rings. The highest BCUT2D eigenvalue weighted by Gasteiger charge is 2.20. The first-order valence-electron chi connectivity index (χ1n) is 7.66. The van der Waals surface area contributed by atoms with Crippen molar-refractivity contribution in [1.82, 2.24) is 10.2 Å². The third-order valence-electron chi connectivity index (χ3n) is 3.14. The van der Waals surface area contributed by atoms with Crippen molar-refractivity contribution in [3.05, 3.63) is 29.8 Å². The number of carbonyl (C=O) groups excluding carboxylic acids is 2. The van der Waals surface area contributed by atoms with Crippen LogP contribution in [0.15, 0.2) is 24.3 Å². The van der Waals surface area contributed by atoms with Crippen molar-refractivity contribution >= 4 is 27.3 Å². The van der Waals surface area contributed by atoms with Gasteiger partial charge in [0.2, 0.25) is 11.8 Å². The summed E-state index contributed by atoms with van der Waals surface area (Å²) >= 11 is 0. The van der Waals surface area contributed by atoms with Gasteiger partial charge in [0.15, 0.2) is 9.84 Å². The Morgan fingerprint density at radius 3 is 2.21 bits per heavy atom. The van der Waals surface area contributed by atoms with Gasteiger partial charge in [-0.3, -0.25) is 9.59 Å². The van der Waals surface area contributed by atoms with E-state index in [9.17, 15) is 18.0 Å². The lowest BCUT2D eigenvalue weighted by Gasteiger charge is -2.10. The SMILES string of the molecule is Cc1ccc(NC(=O)CS(=O)(=O)CC(=O)NCCCN(C)C)cc1. The zero-order valence-electron chi connectivity index (χ0n) is 14.3. The second-order valence-corrected chi connectivity index (χ2v) is 8.02. The average molecular weight is 355 g/mol. The Labute approximate surface area is 143 Å². The van der Waals surface area contributed by atoms with Crippen molar-refractivity contribution in [1.29, 1.82) is 0 Å². The lowest BCUT2D eigenvalue weighted by atomic mass is 10.2. The van der Waals surface area contributed by atoms with Crippen LogP contribution < -0.4 is 10.6 Å². The van der Waals surface area contributed by atoms with E-state index in [1.54, 1.807) is 12.1 Å². The maximum absolute atomic E-state index is 11.9. The van der Waals surface area contributed by atoms with Crippen LogP contribution in [-0.2, 0) is 19.4 Å². The highest BCUT2D eigenvalue weighted by molar-refractivity contribution is 7.92. The molecule has 24 heavy (non-hydrogen) atoms. The number of anilines is 1. The zero-order chi connectivity index (χ0) is 18.2. The van der Waals surface area contributed by atoms with Gasteiger partial charge in [-0.2, -0.15) is 0 Å². The van der Waals surface area contributed by atoms with E-state index < -0.39 is 33.2 Å². The molecule has 134 valence electrons. The molecule has 8 heteroatoms. The van der Waals surface area contributed by atoms with Crippen LogP contribution in [-0.4, -0.2) is 63.8 Å². The summed E-state index contributed by atoms with van der Waals surface area (Å²) in [5, 5.41) is 5.05. The number of hydrogen-bond donors (Lipinski definition) is 2. The number of rotatable bonds is 9. The Kier molecular flexibility index (Phi) is 7.87. The Morgan fingerprint density at radius 2 is 1.62 bits per heavy atom. The Morgan fingerprint density at radius 1 is 1.04 bits per heavy atom. The van der Waals surface area contributed by atoms with E-state index in [4.69, 9.17) is 0 Å². The molecule has 0 fully saturated rings. The molecule has 0 aliphatic heterocycles. The van der Waals surface area contributed by atoms with Gasteiger partial charge in [-0.1, -0.05) is 17.7 Å². The molecule has 0 unspecified atom stereocenters. The van der Waals surface area contributed by atoms with Gasteiger partial charge in [-0.05, 0) is 46.1 Å². The highest BCUT2D eigenvalue weighted by Crippen LogP contribution is 2.08. The van der Waals surface area contributed by atoms with Gasteiger partial charge < -0.3 is 15.5 Å². The summed E-state index contributed by atoms with van der Waals surface area (Å²) in [5.74, 6) is -2.64. The van der Waals surface area contributed by atoms with Crippen LogP contribution >= 0.6 is 0 Å². The summed E-state index contributed by atoms with van der Waals surface area (Å²) in [5.41, 5.74) is 1.56. The fourth-order valence-corrected chi connectivity index (χ4v) is 3.03. The number of carbonyl (C=O) groups is 2. The summed E-state index contributed by atoms with van der Waals surface area (Å²) in [6.07, 6.45) is 0.729. The fourth-order valence-electron chi connectivity index (χ4n) is 1.96. The molecule has 0 atom stereocenters. The number of aryl methyl sites for hydroxylation is 1. The number of amides is 2. The fraction of sp³-hybridized carbons (Fsp3) is 0.500. The topological polar surface area (TPSA) is 95.6 Å². The van der Waals surface area contributed by atoms with E-state index in [1.165, 1.54) is 0 Å². The molecular formula is C16H25N3O4S. The zero-order valence-corrected chi connectivity index (χ0v) is 15.1. The standard InChI is InChI=1S/C16H25N3O4S/c1-13-5-7-14(8-6-13)18-16(21)12-24(22,23)11-15(20)17-9-4-10-19(2)3/h5-8H,4,9-12H2,1-3H3,(H,17,20)(H,18,21). The molecule has 0 aromatic heterocycles. The number of hydrogen-bond acceptors (Lipinski definition) is 5. The van der Waals surface area contributed by atoms with Crippen molar-refractivity contribution in [3.8, 4) is 0 Å². The van der Waals surface area contributed by atoms with Gasteiger partial charge in [-0.15, -0.1) is 0 Å². The molecule has 0 saturated heterocycles. The van der Waals surface area contributed by atoms with Crippen LogP contribution in [0.25, 0.3) is 0 Å². The van der Waals surface area contributed by atoms with E-state index >= 15 is 0 Å². The first kappa shape index (κ1) is 20.1. The Hall–Kier alpha value is -1.93. The molecular weight excluding hydrogens is 330 g/mol. The van der Waals surface area contributed by atoms with Crippen molar-refractivity contribution in [2.24, 2.45) is 0 Å². The van der Waals surface area contributed by atoms with Crippen LogP contribution in [0.2, 0.25) is 0 Å². The molecule has 0 radical (unpaired) electrons.